The van der Waals surface area contributed by atoms with Crippen molar-refractivity contribution in [1.82, 2.24) is 39.0 Å². The Bertz CT molecular complexity index is 1890. The number of nitrogens with zero attached hydrogens (tertiary/aromatic N) is 7. The predicted octanol–water partition coefficient (Wildman–Crippen LogP) is -0.283. The molecule has 0 amide bonds. The monoisotopic (exact) mass is 659 g/mol. The minimum Gasteiger partial charge on any atom is -0.388 e. The van der Waals surface area contributed by atoms with Crippen molar-refractivity contribution in [2.75, 3.05) is 18.9 Å². The van der Waals surface area contributed by atoms with Crippen molar-refractivity contribution in [3.63, 3.8) is 0 Å². The number of phosphoric acid groups is 2. The third-order valence-electron chi connectivity index (χ3n) is 7.75. The van der Waals surface area contributed by atoms with E-state index in [0.29, 0.717) is 0 Å². The van der Waals surface area contributed by atoms with Crippen LogP contribution in [0.3, 0.4) is 0 Å². The molecule has 4 aromatic rings. The van der Waals surface area contributed by atoms with Crippen molar-refractivity contribution in [2.24, 2.45) is 5.92 Å². The fourth-order valence-electron chi connectivity index (χ4n) is 5.74. The number of imidazole rings is 2. The van der Waals surface area contributed by atoms with E-state index >= 15 is 4.39 Å². The van der Waals surface area contributed by atoms with Crippen LogP contribution in [0.5, 0.6) is 0 Å². The Hall–Kier alpha value is -3.23. The van der Waals surface area contributed by atoms with E-state index < -0.39 is 83.2 Å². The molecule has 0 spiro atoms. The second-order valence-electron chi connectivity index (χ2n) is 10.4. The van der Waals surface area contributed by atoms with Crippen LogP contribution < -0.4 is 11.3 Å². The summed E-state index contributed by atoms with van der Waals surface area (Å²) in [6.45, 7) is -1.47. The van der Waals surface area contributed by atoms with Crippen LogP contribution >= 0.6 is 15.6 Å². The molecule has 0 bridgehead atoms. The van der Waals surface area contributed by atoms with Gasteiger partial charge < -0.3 is 34.9 Å². The van der Waals surface area contributed by atoms with Crippen LogP contribution in [-0.2, 0) is 32.0 Å². The topological polar surface area (TPSA) is 274 Å². The summed E-state index contributed by atoms with van der Waals surface area (Å²) < 4.78 is 71.1. The van der Waals surface area contributed by atoms with Gasteiger partial charge in [-0.15, -0.1) is 0 Å². The molecule has 6 heterocycles. The molecule has 236 valence electrons. The molecule has 4 unspecified atom stereocenters. The van der Waals surface area contributed by atoms with Crippen molar-refractivity contribution < 1.29 is 51.2 Å². The van der Waals surface area contributed by atoms with Gasteiger partial charge in [-0.3, -0.25) is 27.5 Å². The molecule has 23 heteroatoms. The van der Waals surface area contributed by atoms with E-state index in [1.165, 1.54) is 17.2 Å². The van der Waals surface area contributed by atoms with Crippen LogP contribution in [0.2, 0.25) is 0 Å². The standard InChI is InChI=1S/C21H24FN9O11P2/c22-11-16-10(40-21(11)31-7-28-12-17(23)24-4-25-18(12)31)3-39-44(36,37)41-15-8(2-38-43(34,35)42-16)1-9(14(15)32)30-6-29-13-19(30)26-5-27-20(13)33/h4-11,14-16,21,32H,1-3H2,(H,34,35)(H,36,37)(H2,23,24,25)(H,26,27,33)/t8-,9-,10-,11+,14?,15+,16?,21-/m1/s1. The largest absolute Gasteiger partial charge is 0.472 e. The van der Waals surface area contributed by atoms with Crippen molar-refractivity contribution in [1.29, 1.82) is 0 Å². The molecule has 0 radical (unpaired) electrons. The first-order valence-electron chi connectivity index (χ1n) is 13.0. The Balaban J connectivity index is 1.17. The number of aromatic nitrogens is 8. The lowest BCUT2D eigenvalue weighted by molar-refractivity contribution is -0.0592. The summed E-state index contributed by atoms with van der Waals surface area (Å²) in [6, 6.07) is -0.918. The number of rotatable bonds is 2. The van der Waals surface area contributed by atoms with Crippen molar-refractivity contribution in [3.05, 3.63) is 35.7 Å². The van der Waals surface area contributed by atoms with Gasteiger partial charge in [-0.2, -0.15) is 0 Å². The number of anilines is 1. The Morgan fingerprint density at radius 2 is 1.64 bits per heavy atom. The molecule has 1 aliphatic carbocycles. The van der Waals surface area contributed by atoms with Crippen LogP contribution in [0.4, 0.5) is 10.2 Å². The number of fused-ring (bicyclic) bond motifs is 4. The van der Waals surface area contributed by atoms with Crippen LogP contribution in [0.15, 0.2) is 30.1 Å². The zero-order chi connectivity index (χ0) is 31.0. The molecular weight excluding hydrogens is 635 g/mol. The van der Waals surface area contributed by atoms with Crippen molar-refractivity contribution in [3.8, 4) is 0 Å². The highest BCUT2D eigenvalue weighted by Gasteiger charge is 2.54. The SMILES string of the molecule is Nc1ncnc2c1ncn2[C@@H]1O[C@@H]2COP(=O)(O)O[C@@H]3C(O)[C@H](n4cnc5c(=O)[nH]cnc54)C[C@@H]3COP(=O)(O)OC2[C@@H]1F. The maximum absolute atomic E-state index is 15.9. The highest BCUT2D eigenvalue weighted by Crippen LogP contribution is 2.55. The number of phosphoric ester groups is 2. The number of hydrogen-bond acceptors (Lipinski definition) is 15. The zero-order valence-corrected chi connectivity index (χ0v) is 23.9. The number of aromatic amines is 1. The first-order valence-corrected chi connectivity index (χ1v) is 16.0. The molecule has 1 saturated carbocycles. The summed E-state index contributed by atoms with van der Waals surface area (Å²) >= 11 is 0. The van der Waals surface area contributed by atoms with Gasteiger partial charge in [0.2, 0.25) is 0 Å². The van der Waals surface area contributed by atoms with E-state index in [-0.39, 0.29) is 34.6 Å². The molecule has 7 rings (SSSR count). The Morgan fingerprint density at radius 1 is 0.955 bits per heavy atom. The molecule has 3 aliphatic rings. The summed E-state index contributed by atoms with van der Waals surface area (Å²) in [4.78, 5) is 55.7. The van der Waals surface area contributed by atoms with E-state index in [4.69, 9.17) is 28.6 Å². The number of ether oxygens (including phenoxy) is 1. The van der Waals surface area contributed by atoms with Gasteiger partial charge in [0.1, 0.15) is 36.3 Å². The molecule has 0 aromatic carbocycles. The van der Waals surface area contributed by atoms with Crippen LogP contribution in [0.25, 0.3) is 22.3 Å². The number of H-pyrrole nitrogens is 1. The number of aliphatic hydroxyl groups is 1. The van der Waals surface area contributed by atoms with Gasteiger partial charge in [0.25, 0.3) is 5.56 Å². The Labute approximate surface area is 244 Å². The minimum atomic E-state index is -5.02. The first-order chi connectivity index (χ1) is 20.9. The summed E-state index contributed by atoms with van der Waals surface area (Å²) in [5, 5.41) is 11.2. The van der Waals surface area contributed by atoms with Crippen molar-refractivity contribution >= 4 is 43.8 Å². The Morgan fingerprint density at radius 3 is 2.43 bits per heavy atom. The second kappa shape index (κ2) is 10.7. The fourth-order valence-corrected chi connectivity index (χ4v) is 7.74. The number of nitrogen functional groups attached to an aromatic ring is 1. The fraction of sp³-hybridized carbons (Fsp3) is 0.524. The van der Waals surface area contributed by atoms with E-state index in [9.17, 15) is 28.8 Å². The number of alkyl halides is 1. The molecular formula is C21H24FN9O11P2. The second-order valence-corrected chi connectivity index (χ2v) is 13.2. The Kier molecular flexibility index (Phi) is 7.16. The lowest BCUT2D eigenvalue weighted by Gasteiger charge is -2.28. The minimum absolute atomic E-state index is 0.0148. The number of aliphatic hydroxyl groups excluding tert-OH is 1. The highest BCUT2D eigenvalue weighted by molar-refractivity contribution is 7.47. The maximum Gasteiger partial charge on any atom is 0.472 e. The quantitative estimate of drug-likeness (QED) is 0.173. The molecule has 20 nitrogen and oxygen atoms in total. The molecule has 3 fully saturated rings. The van der Waals surface area contributed by atoms with Gasteiger partial charge in [-0.05, 0) is 6.42 Å². The third kappa shape index (κ3) is 5.04. The third-order valence-corrected chi connectivity index (χ3v) is 9.72. The summed E-state index contributed by atoms with van der Waals surface area (Å²) in [6.07, 6.45) is -5.40. The van der Waals surface area contributed by atoms with Gasteiger partial charge in [0, 0.05) is 5.92 Å². The summed E-state index contributed by atoms with van der Waals surface area (Å²) in [5.41, 5.74) is 5.60. The molecule has 2 aliphatic heterocycles. The van der Waals surface area contributed by atoms with Crippen molar-refractivity contribution in [2.45, 2.75) is 49.3 Å². The van der Waals surface area contributed by atoms with Crippen LogP contribution in [0.1, 0.15) is 18.7 Å². The van der Waals surface area contributed by atoms with Gasteiger partial charge >= 0.3 is 15.6 Å². The smallest absolute Gasteiger partial charge is 0.388 e. The highest BCUT2D eigenvalue weighted by atomic mass is 31.2. The molecule has 6 N–H and O–H groups in total. The zero-order valence-electron chi connectivity index (χ0n) is 22.1. The summed E-state index contributed by atoms with van der Waals surface area (Å²) in [7, 11) is -10.0. The van der Waals surface area contributed by atoms with Crippen LogP contribution in [0, 0.1) is 5.92 Å². The lowest BCUT2D eigenvalue weighted by Crippen LogP contribution is -2.36. The predicted molar refractivity (Wildman–Crippen MR) is 141 cm³/mol. The van der Waals surface area contributed by atoms with E-state index in [1.807, 2.05) is 0 Å². The maximum atomic E-state index is 15.9. The first kappa shape index (κ1) is 29.5. The van der Waals surface area contributed by atoms with Crippen LogP contribution in [-0.4, -0.2) is 97.7 Å². The summed E-state index contributed by atoms with van der Waals surface area (Å²) in [5.74, 6) is -0.977. The lowest BCUT2D eigenvalue weighted by atomic mass is 10.1. The van der Waals surface area contributed by atoms with E-state index in [1.54, 1.807) is 0 Å². The van der Waals surface area contributed by atoms with Gasteiger partial charge in [0.15, 0.2) is 35.0 Å². The van der Waals surface area contributed by atoms with Gasteiger partial charge in [0.05, 0.1) is 38.2 Å². The molecule has 10 atom stereocenters. The molecule has 44 heavy (non-hydrogen) atoms. The normalized spacial score (nSPS) is 38.3. The number of halogens is 1. The molecule has 4 aromatic heterocycles. The van der Waals surface area contributed by atoms with Gasteiger partial charge in [-0.1, -0.05) is 0 Å². The average molecular weight is 659 g/mol. The average Bonchev–Trinajstić information content (AvgIpc) is 3.73. The van der Waals surface area contributed by atoms with Gasteiger partial charge in [-0.25, -0.2) is 38.4 Å². The number of nitrogens with two attached hydrogens (primary N) is 1. The van der Waals surface area contributed by atoms with E-state index in [2.05, 4.69) is 29.9 Å². The number of hydrogen-bond donors (Lipinski definition) is 5. The molecule has 2 saturated heterocycles. The number of nitrogens with one attached hydrogen (secondary N) is 1. The van der Waals surface area contributed by atoms with E-state index in [0.717, 1.165) is 17.2 Å².